The smallest absolute Gasteiger partial charge is 0.246 e. The second-order valence-corrected chi connectivity index (χ2v) is 4.99. The Kier molecular flexibility index (Phi) is 13.4. The monoisotopic (exact) mass is 291 g/mol. The quantitative estimate of drug-likeness (QED) is 0.518. The summed E-state index contributed by atoms with van der Waals surface area (Å²) in [7, 11) is 0. The van der Waals surface area contributed by atoms with Crippen molar-refractivity contribution in [3.8, 4) is 0 Å². The summed E-state index contributed by atoms with van der Waals surface area (Å²) in [5.41, 5.74) is 0. The highest BCUT2D eigenvalue weighted by Gasteiger charge is 2.00. The Balaban J connectivity index is 3.18. The van der Waals surface area contributed by atoms with Crippen molar-refractivity contribution in [2.75, 3.05) is 45.0 Å². The van der Waals surface area contributed by atoms with Crippen LogP contribution in [0.5, 0.6) is 0 Å². The van der Waals surface area contributed by atoms with Gasteiger partial charge in [-0.15, -0.1) is 0 Å². The molecule has 0 bridgehead atoms. The Morgan fingerprint density at radius 1 is 1.16 bits per heavy atom. The number of nitrogens with one attached hydrogen (secondary N) is 1. The minimum absolute atomic E-state index is 0.0755. The lowest BCUT2D eigenvalue weighted by Crippen LogP contribution is -2.30. The highest BCUT2D eigenvalue weighted by atomic mass is 32.2. The topological polar surface area (TPSA) is 64.6 Å². The van der Waals surface area contributed by atoms with E-state index in [0.29, 0.717) is 39.2 Å². The average Bonchev–Trinajstić information content (AvgIpc) is 2.41. The Bertz CT molecular complexity index is 249. The van der Waals surface area contributed by atoms with Gasteiger partial charge in [-0.2, -0.15) is 11.8 Å². The highest BCUT2D eigenvalue weighted by Crippen LogP contribution is 1.95. The molecule has 0 saturated heterocycles. The van der Waals surface area contributed by atoms with Gasteiger partial charge in [0, 0.05) is 31.7 Å². The standard InChI is InChI=1S/C13H25NO4S/c1-3-12(15)5-4-7-17-8-9-18-11-13(16)14-6-10-19-2/h3-11H2,1-2H3,(H,14,16). The molecule has 0 rings (SSSR count). The minimum atomic E-state index is -0.0948. The molecule has 0 fully saturated rings. The van der Waals surface area contributed by atoms with Crippen LogP contribution in [-0.4, -0.2) is 56.7 Å². The number of rotatable bonds is 13. The summed E-state index contributed by atoms with van der Waals surface area (Å²) in [6.07, 6.45) is 3.92. The number of hydrogen-bond donors (Lipinski definition) is 1. The first kappa shape index (κ1) is 18.4. The fourth-order valence-corrected chi connectivity index (χ4v) is 1.58. The van der Waals surface area contributed by atoms with E-state index in [9.17, 15) is 9.59 Å². The van der Waals surface area contributed by atoms with E-state index in [0.717, 1.165) is 12.2 Å². The van der Waals surface area contributed by atoms with Gasteiger partial charge in [0.2, 0.25) is 5.91 Å². The van der Waals surface area contributed by atoms with Gasteiger partial charge >= 0.3 is 0 Å². The molecule has 0 aromatic rings. The SMILES string of the molecule is CCC(=O)CCCOCCOCC(=O)NCCSC. The van der Waals surface area contributed by atoms with Crippen LogP contribution in [0.25, 0.3) is 0 Å². The molecule has 0 spiro atoms. The molecule has 5 nitrogen and oxygen atoms in total. The molecule has 0 radical (unpaired) electrons. The first-order chi connectivity index (χ1) is 9.20. The molecule has 0 aliphatic rings. The maximum absolute atomic E-state index is 11.2. The van der Waals surface area contributed by atoms with Gasteiger partial charge in [0.25, 0.3) is 0 Å². The lowest BCUT2D eigenvalue weighted by Gasteiger charge is -2.06. The van der Waals surface area contributed by atoms with Crippen LogP contribution in [0.1, 0.15) is 26.2 Å². The Labute approximate surface area is 119 Å². The molecule has 1 N–H and O–H groups in total. The van der Waals surface area contributed by atoms with Crippen molar-refractivity contribution in [2.45, 2.75) is 26.2 Å². The summed E-state index contributed by atoms with van der Waals surface area (Å²) in [4.78, 5) is 22.2. The number of amides is 1. The van der Waals surface area contributed by atoms with Gasteiger partial charge in [0.1, 0.15) is 12.4 Å². The van der Waals surface area contributed by atoms with E-state index < -0.39 is 0 Å². The number of carbonyl (C=O) groups is 2. The van der Waals surface area contributed by atoms with Crippen molar-refractivity contribution >= 4 is 23.5 Å². The molecule has 0 atom stereocenters. The largest absolute Gasteiger partial charge is 0.379 e. The highest BCUT2D eigenvalue weighted by molar-refractivity contribution is 7.98. The maximum atomic E-state index is 11.2. The van der Waals surface area contributed by atoms with Crippen molar-refractivity contribution in [1.82, 2.24) is 5.32 Å². The third kappa shape index (κ3) is 13.6. The average molecular weight is 291 g/mol. The first-order valence-corrected chi connectivity index (χ1v) is 8.03. The third-order valence-corrected chi connectivity index (χ3v) is 2.98. The van der Waals surface area contributed by atoms with Crippen LogP contribution < -0.4 is 5.32 Å². The predicted octanol–water partition coefficient (Wildman–Crippen LogP) is 1.26. The van der Waals surface area contributed by atoms with Crippen LogP contribution in [0.15, 0.2) is 0 Å². The molecular weight excluding hydrogens is 266 g/mol. The van der Waals surface area contributed by atoms with Crippen molar-refractivity contribution in [3.05, 3.63) is 0 Å². The second kappa shape index (κ2) is 13.8. The molecule has 19 heavy (non-hydrogen) atoms. The number of thioether (sulfide) groups is 1. The number of hydrogen-bond acceptors (Lipinski definition) is 5. The third-order valence-electron chi connectivity index (χ3n) is 2.37. The summed E-state index contributed by atoms with van der Waals surface area (Å²) < 4.78 is 10.5. The molecule has 0 aromatic carbocycles. The summed E-state index contributed by atoms with van der Waals surface area (Å²) in [6, 6.07) is 0. The van der Waals surface area contributed by atoms with Gasteiger partial charge in [-0.25, -0.2) is 0 Å². The van der Waals surface area contributed by atoms with E-state index in [2.05, 4.69) is 5.32 Å². The predicted molar refractivity (Wildman–Crippen MR) is 77.6 cm³/mol. The molecular formula is C13H25NO4S. The molecule has 0 heterocycles. The van der Waals surface area contributed by atoms with Gasteiger partial charge in [-0.1, -0.05) is 6.92 Å². The van der Waals surface area contributed by atoms with E-state index in [4.69, 9.17) is 9.47 Å². The van der Waals surface area contributed by atoms with Crippen molar-refractivity contribution in [2.24, 2.45) is 0 Å². The maximum Gasteiger partial charge on any atom is 0.246 e. The molecule has 0 unspecified atom stereocenters. The fourth-order valence-electron chi connectivity index (χ4n) is 1.28. The summed E-state index contributed by atoms with van der Waals surface area (Å²) in [5.74, 6) is 1.08. The van der Waals surface area contributed by atoms with Crippen molar-refractivity contribution < 1.29 is 19.1 Å². The zero-order valence-electron chi connectivity index (χ0n) is 11.9. The molecule has 0 aromatic heterocycles. The fraction of sp³-hybridized carbons (Fsp3) is 0.846. The van der Waals surface area contributed by atoms with Gasteiger partial charge in [-0.05, 0) is 12.7 Å². The molecule has 0 saturated carbocycles. The lowest BCUT2D eigenvalue weighted by atomic mass is 10.2. The van der Waals surface area contributed by atoms with E-state index in [1.165, 1.54) is 0 Å². The second-order valence-electron chi connectivity index (χ2n) is 4.00. The molecule has 0 aliphatic carbocycles. The van der Waals surface area contributed by atoms with E-state index in [-0.39, 0.29) is 18.3 Å². The minimum Gasteiger partial charge on any atom is -0.379 e. The van der Waals surface area contributed by atoms with Crippen molar-refractivity contribution in [1.29, 1.82) is 0 Å². The van der Waals surface area contributed by atoms with Gasteiger partial charge in [0.05, 0.1) is 13.2 Å². The normalized spacial score (nSPS) is 10.4. The summed E-state index contributed by atoms with van der Waals surface area (Å²) in [5, 5.41) is 2.75. The van der Waals surface area contributed by atoms with Crippen LogP contribution in [0.3, 0.4) is 0 Å². The van der Waals surface area contributed by atoms with Crippen LogP contribution >= 0.6 is 11.8 Å². The van der Waals surface area contributed by atoms with E-state index in [1.54, 1.807) is 11.8 Å². The van der Waals surface area contributed by atoms with Gasteiger partial charge in [0.15, 0.2) is 0 Å². The number of ketones is 1. The first-order valence-electron chi connectivity index (χ1n) is 6.63. The van der Waals surface area contributed by atoms with E-state index in [1.807, 2.05) is 13.2 Å². The molecule has 1 amide bonds. The van der Waals surface area contributed by atoms with Crippen LogP contribution in [0.2, 0.25) is 0 Å². The zero-order valence-corrected chi connectivity index (χ0v) is 12.7. The van der Waals surface area contributed by atoms with Crippen LogP contribution in [0, 0.1) is 0 Å². The number of ether oxygens (including phenoxy) is 2. The van der Waals surface area contributed by atoms with Crippen molar-refractivity contribution in [3.63, 3.8) is 0 Å². The van der Waals surface area contributed by atoms with Gasteiger partial charge in [-0.3, -0.25) is 9.59 Å². The lowest BCUT2D eigenvalue weighted by molar-refractivity contribution is -0.126. The number of carbonyl (C=O) groups excluding carboxylic acids is 2. The van der Waals surface area contributed by atoms with E-state index >= 15 is 0 Å². The Hall–Kier alpha value is -0.590. The van der Waals surface area contributed by atoms with Crippen LogP contribution in [-0.2, 0) is 19.1 Å². The Morgan fingerprint density at radius 3 is 2.58 bits per heavy atom. The molecule has 112 valence electrons. The Morgan fingerprint density at radius 2 is 1.89 bits per heavy atom. The summed E-state index contributed by atoms with van der Waals surface area (Å²) in [6.45, 7) is 4.03. The summed E-state index contributed by atoms with van der Waals surface area (Å²) >= 11 is 1.69. The molecule has 6 heteroatoms. The van der Waals surface area contributed by atoms with Gasteiger partial charge < -0.3 is 14.8 Å². The molecule has 0 aliphatic heterocycles. The zero-order chi connectivity index (χ0) is 14.3. The van der Waals surface area contributed by atoms with Crippen LogP contribution in [0.4, 0.5) is 0 Å². The number of Topliss-reactive ketones (excluding diaryl/α,β-unsaturated/α-hetero) is 1.